The average Bonchev–Trinajstić information content (AvgIpc) is 3.45. The lowest BCUT2D eigenvalue weighted by Crippen LogP contribution is -2.09. The van der Waals surface area contributed by atoms with Crippen molar-refractivity contribution in [2.24, 2.45) is 0 Å². The van der Waals surface area contributed by atoms with E-state index in [2.05, 4.69) is 143 Å². The highest BCUT2D eigenvalue weighted by atomic mass is 16.3. The summed E-state index contributed by atoms with van der Waals surface area (Å²) in [6, 6.07) is 51.5. The maximum atomic E-state index is 6.25. The Morgan fingerprint density at radius 2 is 1.02 bits per heavy atom. The molecule has 0 bridgehead atoms. The van der Waals surface area contributed by atoms with Crippen molar-refractivity contribution < 1.29 is 4.42 Å². The number of fused-ring (bicyclic) bond motifs is 5. The van der Waals surface area contributed by atoms with Crippen LogP contribution in [0.4, 0.5) is 17.1 Å². The van der Waals surface area contributed by atoms with E-state index in [0.29, 0.717) is 0 Å². The smallest absolute Gasteiger partial charge is 0.153 e. The Hall–Kier alpha value is -5.67. The molecule has 0 unspecified atom stereocenters. The lowest BCUT2D eigenvalue weighted by atomic mass is 10.00. The predicted molar refractivity (Wildman–Crippen MR) is 175 cm³/mol. The van der Waals surface area contributed by atoms with Crippen LogP contribution in [0.25, 0.3) is 55.0 Å². The van der Waals surface area contributed by atoms with E-state index in [9.17, 15) is 0 Å². The van der Waals surface area contributed by atoms with E-state index in [4.69, 9.17) is 4.42 Å². The van der Waals surface area contributed by atoms with Gasteiger partial charge in [-0.05, 0) is 82.2 Å². The van der Waals surface area contributed by atoms with E-state index >= 15 is 0 Å². The lowest BCUT2D eigenvalue weighted by Gasteiger charge is -2.26. The van der Waals surface area contributed by atoms with Crippen molar-refractivity contribution in [3.63, 3.8) is 0 Å². The van der Waals surface area contributed by atoms with Gasteiger partial charge in [-0.25, -0.2) is 0 Å². The molecule has 0 saturated heterocycles. The molecule has 8 aromatic rings. The number of aromatic nitrogens is 1. The van der Waals surface area contributed by atoms with Crippen molar-refractivity contribution in [2.75, 3.05) is 4.90 Å². The molecule has 8 rings (SSSR count). The highest BCUT2D eigenvalue weighted by Crippen LogP contribution is 2.39. The number of para-hydroxylation sites is 1. The summed E-state index contributed by atoms with van der Waals surface area (Å²) >= 11 is 0. The highest BCUT2D eigenvalue weighted by molar-refractivity contribution is 6.15. The molecule has 0 N–H and O–H groups in total. The van der Waals surface area contributed by atoms with Crippen molar-refractivity contribution >= 4 is 49.8 Å². The van der Waals surface area contributed by atoms with E-state index in [1.54, 1.807) is 6.20 Å². The van der Waals surface area contributed by atoms with E-state index in [1.807, 2.05) is 18.3 Å². The summed E-state index contributed by atoms with van der Waals surface area (Å²) < 4.78 is 6.25. The van der Waals surface area contributed by atoms with Crippen LogP contribution in [-0.2, 0) is 0 Å². The van der Waals surface area contributed by atoms with Gasteiger partial charge in [0, 0.05) is 39.4 Å². The summed E-state index contributed by atoms with van der Waals surface area (Å²) in [5, 5.41) is 4.42. The van der Waals surface area contributed by atoms with Gasteiger partial charge in [-0.2, -0.15) is 0 Å². The van der Waals surface area contributed by atoms with Crippen molar-refractivity contribution in [3.05, 3.63) is 158 Å². The van der Waals surface area contributed by atoms with Gasteiger partial charge in [0.15, 0.2) is 5.58 Å². The van der Waals surface area contributed by atoms with Gasteiger partial charge < -0.3 is 9.32 Å². The molecule has 198 valence electrons. The Labute approximate surface area is 243 Å². The van der Waals surface area contributed by atoms with Gasteiger partial charge in [-0.15, -0.1) is 0 Å². The Morgan fingerprint density at radius 3 is 1.74 bits per heavy atom. The largest absolute Gasteiger partial charge is 0.454 e. The first-order valence-corrected chi connectivity index (χ1v) is 14.1. The molecule has 0 aliphatic heterocycles. The molecule has 42 heavy (non-hydrogen) atoms. The van der Waals surface area contributed by atoms with E-state index in [-0.39, 0.29) is 0 Å². The number of furan rings is 1. The maximum absolute atomic E-state index is 6.25. The minimum absolute atomic E-state index is 0.810. The molecule has 0 amide bonds. The third-order valence-electron chi connectivity index (χ3n) is 7.96. The first kappa shape index (κ1) is 24.2. The van der Waals surface area contributed by atoms with Gasteiger partial charge in [0.1, 0.15) is 5.58 Å². The summed E-state index contributed by atoms with van der Waals surface area (Å²) in [5.41, 5.74) is 9.83. The number of anilines is 3. The second-order valence-electron chi connectivity index (χ2n) is 10.5. The van der Waals surface area contributed by atoms with Crippen LogP contribution in [0.3, 0.4) is 0 Å². The van der Waals surface area contributed by atoms with Crippen LogP contribution in [0.2, 0.25) is 0 Å². The number of rotatable bonds is 5. The zero-order chi connectivity index (χ0) is 27.9. The Bertz CT molecular complexity index is 2170. The number of pyridine rings is 1. The van der Waals surface area contributed by atoms with E-state index < -0.39 is 0 Å². The SMILES string of the molecule is c1ccc(-c2ccc(-c3ccc(N(c4ccccc4)c4ccc5c(ccc6c7ccncc7oc56)c4)cc3)cc2)cc1. The van der Waals surface area contributed by atoms with Gasteiger partial charge in [0.2, 0.25) is 0 Å². The van der Waals surface area contributed by atoms with Gasteiger partial charge in [0.05, 0.1) is 6.20 Å². The molecule has 3 nitrogen and oxygen atoms in total. The van der Waals surface area contributed by atoms with Crippen LogP contribution >= 0.6 is 0 Å². The minimum atomic E-state index is 0.810. The van der Waals surface area contributed by atoms with Crippen molar-refractivity contribution in [1.29, 1.82) is 0 Å². The Morgan fingerprint density at radius 1 is 0.452 bits per heavy atom. The third kappa shape index (κ3) is 4.20. The summed E-state index contributed by atoms with van der Waals surface area (Å²) in [6.07, 6.45) is 3.60. The average molecular weight is 539 g/mol. The summed E-state index contributed by atoms with van der Waals surface area (Å²) in [6.45, 7) is 0. The van der Waals surface area contributed by atoms with E-state index in [0.717, 1.165) is 49.8 Å². The van der Waals surface area contributed by atoms with Crippen LogP contribution in [-0.4, -0.2) is 4.98 Å². The van der Waals surface area contributed by atoms with Crippen molar-refractivity contribution in [2.45, 2.75) is 0 Å². The molecular weight excluding hydrogens is 512 g/mol. The van der Waals surface area contributed by atoms with Crippen LogP contribution in [0, 0.1) is 0 Å². The topological polar surface area (TPSA) is 29.3 Å². The van der Waals surface area contributed by atoms with E-state index in [1.165, 1.54) is 22.3 Å². The van der Waals surface area contributed by atoms with Crippen molar-refractivity contribution in [3.8, 4) is 22.3 Å². The standard InChI is InChI=1S/C39H26N2O/c1-3-7-27(8-4-1)28-11-13-29(14-12-28)30-15-18-33(19-16-30)41(32-9-5-2-6-10-32)34-20-22-35-31(25-34)17-21-37-36-23-24-40-26-38(36)42-39(35)37/h1-26H. The van der Waals surface area contributed by atoms with Gasteiger partial charge >= 0.3 is 0 Å². The van der Waals surface area contributed by atoms with Gasteiger partial charge in [-0.3, -0.25) is 4.98 Å². The number of nitrogens with zero attached hydrogens (tertiary/aromatic N) is 2. The van der Waals surface area contributed by atoms with Crippen LogP contribution in [0.1, 0.15) is 0 Å². The zero-order valence-corrected chi connectivity index (χ0v) is 22.8. The molecule has 0 atom stereocenters. The third-order valence-corrected chi connectivity index (χ3v) is 7.96. The fraction of sp³-hybridized carbons (Fsp3) is 0. The van der Waals surface area contributed by atoms with Gasteiger partial charge in [0.25, 0.3) is 0 Å². The fourth-order valence-corrected chi connectivity index (χ4v) is 5.86. The maximum Gasteiger partial charge on any atom is 0.153 e. The molecule has 6 aromatic carbocycles. The minimum Gasteiger partial charge on any atom is -0.454 e. The second-order valence-corrected chi connectivity index (χ2v) is 10.5. The number of hydrogen-bond acceptors (Lipinski definition) is 3. The summed E-state index contributed by atoms with van der Waals surface area (Å²) in [5.74, 6) is 0. The molecule has 2 aromatic heterocycles. The molecule has 0 aliphatic carbocycles. The predicted octanol–water partition coefficient (Wildman–Crippen LogP) is 10.9. The van der Waals surface area contributed by atoms with Crippen LogP contribution < -0.4 is 4.90 Å². The normalized spacial score (nSPS) is 11.3. The first-order valence-electron chi connectivity index (χ1n) is 14.1. The molecule has 0 saturated carbocycles. The molecule has 3 heteroatoms. The molecular formula is C39H26N2O. The molecule has 0 radical (unpaired) electrons. The molecule has 0 aliphatic rings. The monoisotopic (exact) mass is 538 g/mol. The van der Waals surface area contributed by atoms with Crippen LogP contribution in [0.15, 0.2) is 162 Å². The van der Waals surface area contributed by atoms with Crippen LogP contribution in [0.5, 0.6) is 0 Å². The molecule has 0 spiro atoms. The molecule has 2 heterocycles. The Kier molecular flexibility index (Phi) is 5.79. The van der Waals surface area contributed by atoms with Crippen molar-refractivity contribution in [1.82, 2.24) is 4.98 Å². The quantitative estimate of drug-likeness (QED) is 0.218. The molecule has 0 fully saturated rings. The summed E-state index contributed by atoms with van der Waals surface area (Å²) in [4.78, 5) is 6.53. The zero-order valence-electron chi connectivity index (χ0n) is 22.8. The fourth-order valence-electron chi connectivity index (χ4n) is 5.86. The summed E-state index contributed by atoms with van der Waals surface area (Å²) in [7, 11) is 0. The second kappa shape index (κ2) is 10.1. The first-order chi connectivity index (χ1) is 20.8. The van der Waals surface area contributed by atoms with Gasteiger partial charge in [-0.1, -0.05) is 91.0 Å². The number of hydrogen-bond donors (Lipinski definition) is 0. The number of benzene rings is 6. The Balaban J connectivity index is 1.18. The lowest BCUT2D eigenvalue weighted by molar-refractivity contribution is 0.670. The highest BCUT2D eigenvalue weighted by Gasteiger charge is 2.15.